The van der Waals surface area contributed by atoms with Crippen LogP contribution in [0.5, 0.6) is 6.01 Å². The van der Waals surface area contributed by atoms with E-state index in [1.807, 2.05) is 0 Å². The van der Waals surface area contributed by atoms with Gasteiger partial charge in [0.1, 0.15) is 0 Å². The van der Waals surface area contributed by atoms with E-state index in [1.54, 1.807) is 7.11 Å². The van der Waals surface area contributed by atoms with Gasteiger partial charge in [0.25, 0.3) is 0 Å². The van der Waals surface area contributed by atoms with Gasteiger partial charge in [0.2, 0.25) is 11.9 Å². The van der Waals surface area contributed by atoms with E-state index in [9.17, 15) is 0 Å². The average molecular weight is 279 g/mol. The van der Waals surface area contributed by atoms with Crippen LogP contribution in [-0.2, 0) is 0 Å². The third-order valence-electron chi connectivity index (χ3n) is 3.69. The zero-order chi connectivity index (χ0) is 14.5. The van der Waals surface area contributed by atoms with Crippen LogP contribution in [0.15, 0.2) is 0 Å². The van der Waals surface area contributed by atoms with Crippen LogP contribution in [0.1, 0.15) is 40.0 Å². The zero-order valence-electron chi connectivity index (χ0n) is 12.9. The van der Waals surface area contributed by atoms with Crippen molar-refractivity contribution >= 4 is 11.9 Å². The van der Waals surface area contributed by atoms with Crippen LogP contribution < -0.4 is 15.0 Å². The van der Waals surface area contributed by atoms with E-state index < -0.39 is 0 Å². The van der Waals surface area contributed by atoms with Crippen LogP contribution in [0.25, 0.3) is 0 Å². The number of nitrogens with one attached hydrogen (secondary N) is 1. The lowest BCUT2D eigenvalue weighted by Crippen LogP contribution is -2.42. The maximum absolute atomic E-state index is 5.20. The highest BCUT2D eigenvalue weighted by Gasteiger charge is 2.26. The summed E-state index contributed by atoms with van der Waals surface area (Å²) in [5.74, 6) is 1.98. The number of hydrogen-bond donors (Lipinski definition) is 1. The lowest BCUT2D eigenvalue weighted by atomic mass is 9.95. The summed E-state index contributed by atoms with van der Waals surface area (Å²) in [7, 11) is 1.59. The van der Waals surface area contributed by atoms with Gasteiger partial charge in [-0.15, -0.1) is 0 Å². The van der Waals surface area contributed by atoms with E-state index in [4.69, 9.17) is 4.74 Å². The molecule has 1 aromatic heterocycles. The van der Waals surface area contributed by atoms with Gasteiger partial charge in [0.15, 0.2) is 0 Å². The number of piperidine rings is 1. The van der Waals surface area contributed by atoms with Gasteiger partial charge < -0.3 is 15.0 Å². The van der Waals surface area contributed by atoms with Crippen LogP contribution >= 0.6 is 0 Å². The molecular formula is C14H25N5O. The van der Waals surface area contributed by atoms with Crippen molar-refractivity contribution in [1.29, 1.82) is 0 Å². The Morgan fingerprint density at radius 1 is 1.25 bits per heavy atom. The second kappa shape index (κ2) is 6.72. The van der Waals surface area contributed by atoms with Crippen molar-refractivity contribution in [3.8, 4) is 6.01 Å². The van der Waals surface area contributed by atoms with Crippen LogP contribution in [0.4, 0.5) is 11.9 Å². The minimum atomic E-state index is 0.374. The Morgan fingerprint density at radius 2 is 2.05 bits per heavy atom. The summed E-state index contributed by atoms with van der Waals surface area (Å²) in [5.41, 5.74) is 0. The summed E-state index contributed by atoms with van der Waals surface area (Å²) in [6, 6.07) is 0.830. The summed E-state index contributed by atoms with van der Waals surface area (Å²) >= 11 is 0. The molecule has 1 N–H and O–H groups in total. The van der Waals surface area contributed by atoms with Crippen molar-refractivity contribution in [2.24, 2.45) is 5.92 Å². The minimum absolute atomic E-state index is 0.374. The van der Waals surface area contributed by atoms with Crippen molar-refractivity contribution in [3.63, 3.8) is 0 Å². The van der Waals surface area contributed by atoms with Gasteiger partial charge in [-0.05, 0) is 32.1 Å². The highest BCUT2D eigenvalue weighted by molar-refractivity contribution is 5.39. The SMILES string of the molecule is CCCNc1nc(OC)nc(N2CC(C)CCC2C)n1. The van der Waals surface area contributed by atoms with Crippen molar-refractivity contribution in [2.45, 2.75) is 46.1 Å². The molecule has 0 aromatic carbocycles. The first-order valence-corrected chi connectivity index (χ1v) is 7.44. The largest absolute Gasteiger partial charge is 0.467 e. The molecule has 0 amide bonds. The fraction of sp³-hybridized carbons (Fsp3) is 0.786. The highest BCUT2D eigenvalue weighted by Crippen LogP contribution is 2.26. The van der Waals surface area contributed by atoms with Gasteiger partial charge in [-0.25, -0.2) is 0 Å². The van der Waals surface area contributed by atoms with E-state index in [0.29, 0.717) is 23.9 Å². The summed E-state index contributed by atoms with van der Waals surface area (Å²) < 4.78 is 5.20. The van der Waals surface area contributed by atoms with Gasteiger partial charge in [-0.2, -0.15) is 15.0 Å². The van der Waals surface area contributed by atoms with Crippen LogP contribution in [0.3, 0.4) is 0 Å². The lowest BCUT2D eigenvalue weighted by Gasteiger charge is -2.36. The molecule has 0 spiro atoms. The molecule has 2 heterocycles. The van der Waals surface area contributed by atoms with E-state index in [0.717, 1.165) is 25.5 Å². The lowest BCUT2D eigenvalue weighted by molar-refractivity contribution is 0.366. The Balaban J connectivity index is 2.24. The smallest absolute Gasteiger partial charge is 0.322 e. The molecule has 1 aliphatic heterocycles. The number of ether oxygens (including phenoxy) is 1. The number of anilines is 2. The van der Waals surface area contributed by atoms with E-state index in [1.165, 1.54) is 12.8 Å². The minimum Gasteiger partial charge on any atom is -0.467 e. The summed E-state index contributed by atoms with van der Waals surface area (Å²) in [4.78, 5) is 15.5. The first kappa shape index (κ1) is 14.8. The molecule has 6 heteroatoms. The van der Waals surface area contributed by atoms with Crippen molar-refractivity contribution < 1.29 is 4.74 Å². The molecular weight excluding hydrogens is 254 g/mol. The molecule has 2 atom stereocenters. The fourth-order valence-electron chi connectivity index (χ4n) is 2.45. The van der Waals surface area contributed by atoms with Gasteiger partial charge in [-0.1, -0.05) is 13.8 Å². The number of hydrogen-bond acceptors (Lipinski definition) is 6. The molecule has 1 fully saturated rings. The number of aromatic nitrogens is 3. The molecule has 20 heavy (non-hydrogen) atoms. The molecule has 0 bridgehead atoms. The highest BCUT2D eigenvalue weighted by atomic mass is 16.5. The first-order chi connectivity index (χ1) is 9.63. The van der Waals surface area contributed by atoms with Crippen LogP contribution in [0, 0.1) is 5.92 Å². The molecule has 0 aliphatic carbocycles. The molecule has 2 rings (SSSR count). The molecule has 1 aromatic rings. The monoisotopic (exact) mass is 279 g/mol. The molecule has 2 unspecified atom stereocenters. The number of nitrogens with zero attached hydrogens (tertiary/aromatic N) is 4. The predicted molar refractivity (Wildman–Crippen MR) is 80.4 cm³/mol. The van der Waals surface area contributed by atoms with Crippen molar-refractivity contribution in [2.75, 3.05) is 30.4 Å². The summed E-state index contributed by atoms with van der Waals surface area (Å²) in [5, 5.41) is 3.21. The van der Waals surface area contributed by atoms with Gasteiger partial charge in [-0.3, -0.25) is 0 Å². The van der Waals surface area contributed by atoms with Gasteiger partial charge in [0, 0.05) is 19.1 Å². The second-order valence-electron chi connectivity index (χ2n) is 5.56. The maximum Gasteiger partial charge on any atom is 0.322 e. The predicted octanol–water partition coefficient (Wildman–Crippen LogP) is 2.33. The molecule has 6 nitrogen and oxygen atoms in total. The third-order valence-corrected chi connectivity index (χ3v) is 3.69. The van der Waals surface area contributed by atoms with Crippen LogP contribution in [0.2, 0.25) is 0 Å². The number of rotatable bonds is 5. The Kier molecular flexibility index (Phi) is 4.98. The molecule has 1 saturated heterocycles. The molecule has 0 radical (unpaired) electrons. The Labute approximate surface area is 121 Å². The topological polar surface area (TPSA) is 63.2 Å². The van der Waals surface area contributed by atoms with Crippen molar-refractivity contribution in [1.82, 2.24) is 15.0 Å². The van der Waals surface area contributed by atoms with Gasteiger partial charge in [0.05, 0.1) is 7.11 Å². The zero-order valence-corrected chi connectivity index (χ0v) is 12.9. The number of methoxy groups -OCH3 is 1. The quantitative estimate of drug-likeness (QED) is 0.892. The third kappa shape index (κ3) is 3.49. The van der Waals surface area contributed by atoms with Gasteiger partial charge >= 0.3 is 6.01 Å². The Morgan fingerprint density at radius 3 is 2.75 bits per heavy atom. The summed E-state index contributed by atoms with van der Waals surface area (Å²) in [6.07, 6.45) is 3.47. The molecule has 0 saturated carbocycles. The molecule has 112 valence electrons. The molecule has 1 aliphatic rings. The Hall–Kier alpha value is -1.59. The average Bonchev–Trinajstić information content (AvgIpc) is 2.47. The Bertz CT molecular complexity index is 440. The fourth-order valence-corrected chi connectivity index (χ4v) is 2.45. The van der Waals surface area contributed by atoms with E-state index in [-0.39, 0.29) is 0 Å². The van der Waals surface area contributed by atoms with Crippen LogP contribution in [-0.4, -0.2) is 41.2 Å². The summed E-state index contributed by atoms with van der Waals surface area (Å²) in [6.45, 7) is 8.44. The first-order valence-electron chi connectivity index (χ1n) is 7.44. The standard InChI is InChI=1S/C14H25N5O/c1-5-8-15-12-16-13(18-14(17-12)20-4)19-9-10(2)6-7-11(19)3/h10-11H,5-9H2,1-4H3,(H,15,16,17,18). The normalized spacial score (nSPS) is 22.7. The van der Waals surface area contributed by atoms with Crippen molar-refractivity contribution in [3.05, 3.63) is 0 Å². The second-order valence-corrected chi connectivity index (χ2v) is 5.56. The maximum atomic E-state index is 5.20. The van der Waals surface area contributed by atoms with E-state index in [2.05, 4.69) is 45.9 Å². The van der Waals surface area contributed by atoms with E-state index >= 15 is 0 Å².